The van der Waals surface area contributed by atoms with Crippen LogP contribution in [0.15, 0.2) is 51.7 Å². The smallest absolute Gasteiger partial charge is 0.312 e. The van der Waals surface area contributed by atoms with Crippen molar-refractivity contribution in [3.63, 3.8) is 0 Å². The van der Waals surface area contributed by atoms with Crippen molar-refractivity contribution in [2.75, 3.05) is 0 Å². The third-order valence-electron chi connectivity index (χ3n) is 4.01. The lowest BCUT2D eigenvalue weighted by Crippen LogP contribution is -2.27. The second kappa shape index (κ2) is 6.76. The first-order valence-corrected chi connectivity index (χ1v) is 8.34. The molecule has 1 N–H and O–H groups in total. The molecule has 5 nitrogen and oxygen atoms in total. The number of carbonyl (C=O) groups is 1. The predicted molar refractivity (Wildman–Crippen MR) is 95.3 cm³/mol. The monoisotopic (exact) mass is 404 g/mol. The minimum absolute atomic E-state index is 0.0812. The van der Waals surface area contributed by atoms with Gasteiger partial charge in [0, 0.05) is 15.4 Å². The van der Waals surface area contributed by atoms with Crippen LogP contribution in [-0.2, 0) is 11.3 Å². The normalized spacial score (nSPS) is 12.3. The SMILES string of the molecule is CC(C(=O)O)c1nn(Cc2ccc(Br)cc2F)c(=O)c2ccccc12. The Bertz CT molecular complexity index is 1030. The lowest BCUT2D eigenvalue weighted by molar-refractivity contribution is -0.138. The van der Waals surface area contributed by atoms with Gasteiger partial charge < -0.3 is 5.11 Å². The first kappa shape index (κ1) is 17.3. The molecule has 1 aromatic heterocycles. The lowest BCUT2D eigenvalue weighted by atomic mass is 10.0. The van der Waals surface area contributed by atoms with Crippen molar-refractivity contribution in [1.82, 2.24) is 9.78 Å². The van der Waals surface area contributed by atoms with Crippen LogP contribution in [0.3, 0.4) is 0 Å². The van der Waals surface area contributed by atoms with Gasteiger partial charge in [0.25, 0.3) is 5.56 Å². The summed E-state index contributed by atoms with van der Waals surface area (Å²) in [7, 11) is 0. The van der Waals surface area contributed by atoms with Gasteiger partial charge in [0.2, 0.25) is 0 Å². The van der Waals surface area contributed by atoms with Crippen molar-refractivity contribution in [3.05, 3.63) is 74.4 Å². The summed E-state index contributed by atoms with van der Waals surface area (Å²) in [6, 6.07) is 11.2. The molecule has 0 radical (unpaired) electrons. The molecule has 25 heavy (non-hydrogen) atoms. The van der Waals surface area contributed by atoms with Crippen LogP contribution in [0.2, 0.25) is 0 Å². The molecule has 128 valence electrons. The molecular weight excluding hydrogens is 391 g/mol. The zero-order chi connectivity index (χ0) is 18.1. The van der Waals surface area contributed by atoms with Crippen LogP contribution >= 0.6 is 15.9 Å². The molecule has 1 unspecified atom stereocenters. The quantitative estimate of drug-likeness (QED) is 0.721. The van der Waals surface area contributed by atoms with E-state index in [-0.39, 0.29) is 17.8 Å². The van der Waals surface area contributed by atoms with Crippen LogP contribution in [0.1, 0.15) is 24.1 Å². The van der Waals surface area contributed by atoms with E-state index < -0.39 is 17.7 Å². The Kier molecular flexibility index (Phi) is 4.67. The number of hydrogen-bond donors (Lipinski definition) is 1. The number of nitrogens with zero attached hydrogens (tertiary/aromatic N) is 2. The fraction of sp³-hybridized carbons (Fsp3) is 0.167. The van der Waals surface area contributed by atoms with Gasteiger partial charge >= 0.3 is 5.97 Å². The number of fused-ring (bicyclic) bond motifs is 1. The molecule has 0 saturated carbocycles. The molecule has 0 aliphatic heterocycles. The van der Waals surface area contributed by atoms with E-state index in [4.69, 9.17) is 0 Å². The standard InChI is InChI=1S/C18H14BrFN2O3/c1-10(18(24)25)16-13-4-2-3-5-14(13)17(23)22(21-16)9-11-6-7-12(19)8-15(11)20/h2-8,10H,9H2,1H3,(H,24,25). The molecule has 2 aromatic carbocycles. The maximum atomic E-state index is 14.1. The topological polar surface area (TPSA) is 72.2 Å². The van der Waals surface area contributed by atoms with Crippen LogP contribution < -0.4 is 5.56 Å². The predicted octanol–water partition coefficient (Wildman–Crippen LogP) is 3.53. The number of aromatic nitrogens is 2. The Labute approximate surface area is 150 Å². The molecule has 0 fully saturated rings. The van der Waals surface area contributed by atoms with Crippen molar-refractivity contribution >= 4 is 32.7 Å². The number of rotatable bonds is 4. The van der Waals surface area contributed by atoms with Crippen molar-refractivity contribution < 1.29 is 14.3 Å². The summed E-state index contributed by atoms with van der Waals surface area (Å²) in [6.07, 6.45) is 0. The van der Waals surface area contributed by atoms with E-state index in [1.807, 2.05) is 0 Å². The van der Waals surface area contributed by atoms with Crippen molar-refractivity contribution in [2.24, 2.45) is 0 Å². The van der Waals surface area contributed by atoms with Gasteiger partial charge in [-0.1, -0.05) is 40.2 Å². The average molecular weight is 405 g/mol. The maximum absolute atomic E-state index is 14.1. The summed E-state index contributed by atoms with van der Waals surface area (Å²) in [6.45, 7) is 1.42. The minimum Gasteiger partial charge on any atom is -0.481 e. The van der Waals surface area contributed by atoms with Gasteiger partial charge in [0.1, 0.15) is 5.82 Å². The minimum atomic E-state index is -1.04. The highest BCUT2D eigenvalue weighted by molar-refractivity contribution is 9.10. The number of aliphatic carboxylic acids is 1. The van der Waals surface area contributed by atoms with Crippen LogP contribution in [0.4, 0.5) is 4.39 Å². The fourth-order valence-corrected chi connectivity index (χ4v) is 2.95. The molecule has 0 saturated heterocycles. The van der Waals surface area contributed by atoms with Gasteiger partial charge in [0.15, 0.2) is 0 Å². The molecular formula is C18H14BrFN2O3. The van der Waals surface area contributed by atoms with E-state index >= 15 is 0 Å². The number of carboxylic acids is 1. The molecule has 0 amide bonds. The van der Waals surface area contributed by atoms with Crippen molar-refractivity contribution in [3.8, 4) is 0 Å². The van der Waals surface area contributed by atoms with Crippen LogP contribution in [0, 0.1) is 5.82 Å². The van der Waals surface area contributed by atoms with E-state index in [1.54, 1.807) is 36.4 Å². The van der Waals surface area contributed by atoms with Gasteiger partial charge in [0.05, 0.1) is 23.5 Å². The average Bonchev–Trinajstić information content (AvgIpc) is 2.59. The Hall–Kier alpha value is -2.54. The third-order valence-corrected chi connectivity index (χ3v) is 4.51. The second-order valence-electron chi connectivity index (χ2n) is 5.69. The summed E-state index contributed by atoms with van der Waals surface area (Å²) in [5, 5.41) is 14.4. The van der Waals surface area contributed by atoms with Crippen LogP contribution in [0.25, 0.3) is 10.8 Å². The van der Waals surface area contributed by atoms with Gasteiger partial charge in [-0.15, -0.1) is 0 Å². The largest absolute Gasteiger partial charge is 0.481 e. The summed E-state index contributed by atoms with van der Waals surface area (Å²) in [5.41, 5.74) is 0.182. The number of hydrogen-bond acceptors (Lipinski definition) is 3. The number of halogens is 2. The molecule has 3 aromatic rings. The number of carboxylic acid groups (broad SMARTS) is 1. The fourth-order valence-electron chi connectivity index (χ4n) is 2.62. The molecule has 0 aliphatic carbocycles. The Morgan fingerprint density at radius 1 is 1.28 bits per heavy atom. The third kappa shape index (κ3) is 3.32. The molecule has 0 aliphatic rings. The summed E-state index contributed by atoms with van der Waals surface area (Å²) in [5.74, 6) is -2.41. The van der Waals surface area contributed by atoms with E-state index in [0.29, 0.717) is 20.8 Å². The molecule has 7 heteroatoms. The zero-order valence-electron chi connectivity index (χ0n) is 13.2. The van der Waals surface area contributed by atoms with E-state index in [1.165, 1.54) is 13.0 Å². The van der Waals surface area contributed by atoms with Gasteiger partial charge in [-0.3, -0.25) is 9.59 Å². The van der Waals surface area contributed by atoms with Crippen molar-refractivity contribution in [1.29, 1.82) is 0 Å². The highest BCUT2D eigenvalue weighted by Gasteiger charge is 2.21. The summed E-state index contributed by atoms with van der Waals surface area (Å²) in [4.78, 5) is 24.1. The van der Waals surface area contributed by atoms with Crippen molar-refractivity contribution in [2.45, 2.75) is 19.4 Å². The lowest BCUT2D eigenvalue weighted by Gasteiger charge is -2.14. The van der Waals surface area contributed by atoms with E-state index in [9.17, 15) is 19.1 Å². The Morgan fingerprint density at radius 2 is 1.96 bits per heavy atom. The number of benzene rings is 2. The Balaban J connectivity index is 2.20. The zero-order valence-corrected chi connectivity index (χ0v) is 14.8. The Morgan fingerprint density at radius 3 is 2.60 bits per heavy atom. The first-order valence-electron chi connectivity index (χ1n) is 7.55. The summed E-state index contributed by atoms with van der Waals surface area (Å²) >= 11 is 3.19. The molecule has 3 rings (SSSR count). The molecule has 1 heterocycles. The molecule has 1 atom stereocenters. The second-order valence-corrected chi connectivity index (χ2v) is 6.60. The van der Waals surface area contributed by atoms with Crippen LogP contribution in [-0.4, -0.2) is 20.9 Å². The summed E-state index contributed by atoms with van der Waals surface area (Å²) < 4.78 is 15.8. The van der Waals surface area contributed by atoms with E-state index in [0.717, 1.165) is 4.68 Å². The van der Waals surface area contributed by atoms with E-state index in [2.05, 4.69) is 21.0 Å². The van der Waals surface area contributed by atoms with Crippen LogP contribution in [0.5, 0.6) is 0 Å². The van der Waals surface area contributed by atoms with Gasteiger partial charge in [-0.2, -0.15) is 5.10 Å². The van der Waals surface area contributed by atoms with Gasteiger partial charge in [-0.05, 0) is 25.1 Å². The molecule has 0 bridgehead atoms. The van der Waals surface area contributed by atoms with Gasteiger partial charge in [-0.25, -0.2) is 9.07 Å². The molecule has 0 spiro atoms. The highest BCUT2D eigenvalue weighted by atomic mass is 79.9. The highest BCUT2D eigenvalue weighted by Crippen LogP contribution is 2.22. The maximum Gasteiger partial charge on any atom is 0.312 e. The first-order chi connectivity index (χ1) is 11.9.